The average Bonchev–Trinajstić information content (AvgIpc) is 2.83. The van der Waals surface area contributed by atoms with E-state index in [0.717, 1.165) is 44.9 Å². The van der Waals surface area contributed by atoms with Gasteiger partial charge in [-0.05, 0) is 56.8 Å². The third-order valence-electron chi connectivity index (χ3n) is 7.98. The molecule has 3 fully saturated rings. The van der Waals surface area contributed by atoms with E-state index in [4.69, 9.17) is 4.74 Å². The van der Waals surface area contributed by atoms with E-state index in [9.17, 15) is 14.7 Å². The average molecular weight is 346 g/mol. The molecule has 6 atom stereocenters. The Morgan fingerprint density at radius 3 is 2.64 bits per heavy atom. The minimum atomic E-state index is -0.410. The fraction of sp³-hybridized carbons (Fsp3) is 0.810. The fourth-order valence-corrected chi connectivity index (χ4v) is 6.56. The molecule has 3 saturated carbocycles. The molecular weight excluding hydrogens is 316 g/mol. The van der Waals surface area contributed by atoms with Crippen LogP contribution in [-0.4, -0.2) is 29.1 Å². The monoisotopic (exact) mass is 346 g/mol. The van der Waals surface area contributed by atoms with Gasteiger partial charge in [-0.15, -0.1) is 0 Å². The van der Waals surface area contributed by atoms with Crippen LogP contribution in [0.25, 0.3) is 0 Å². The predicted octanol–water partition coefficient (Wildman–Crippen LogP) is 3.56. The lowest BCUT2D eigenvalue weighted by Gasteiger charge is -2.54. The molecule has 0 aromatic rings. The molecule has 0 aromatic heterocycles. The summed E-state index contributed by atoms with van der Waals surface area (Å²) in [5, 5.41) is 11.1. The van der Waals surface area contributed by atoms with Crippen molar-refractivity contribution in [3.8, 4) is 0 Å². The van der Waals surface area contributed by atoms with Gasteiger partial charge in [0.05, 0.1) is 6.10 Å². The Morgan fingerprint density at radius 2 is 1.92 bits per heavy atom. The van der Waals surface area contributed by atoms with Crippen LogP contribution in [0.1, 0.15) is 72.1 Å². The van der Waals surface area contributed by atoms with Crippen molar-refractivity contribution in [1.29, 1.82) is 0 Å². The summed E-state index contributed by atoms with van der Waals surface area (Å²) in [6.45, 7) is 5.77. The van der Waals surface area contributed by atoms with Crippen LogP contribution >= 0.6 is 0 Å². The van der Waals surface area contributed by atoms with Gasteiger partial charge in [0.1, 0.15) is 11.9 Å². The van der Waals surface area contributed by atoms with E-state index < -0.39 is 6.10 Å². The van der Waals surface area contributed by atoms with Crippen molar-refractivity contribution >= 4 is 11.8 Å². The van der Waals surface area contributed by atoms with Gasteiger partial charge in [-0.25, -0.2) is 0 Å². The summed E-state index contributed by atoms with van der Waals surface area (Å²) in [5.41, 5.74) is 2.50. The molecule has 0 saturated heterocycles. The number of aliphatic hydroxyl groups excluding tert-OH is 1. The Hall–Kier alpha value is -1.16. The molecule has 25 heavy (non-hydrogen) atoms. The first-order valence-corrected chi connectivity index (χ1v) is 9.86. The summed E-state index contributed by atoms with van der Waals surface area (Å²) in [6, 6.07) is 0. The summed E-state index contributed by atoms with van der Waals surface area (Å²) in [5.74, 6) is 0.976. The van der Waals surface area contributed by atoms with Gasteiger partial charge in [-0.2, -0.15) is 0 Å². The van der Waals surface area contributed by atoms with Crippen LogP contribution in [0.4, 0.5) is 0 Å². The maximum atomic E-state index is 12.5. The molecule has 0 amide bonds. The van der Waals surface area contributed by atoms with Crippen molar-refractivity contribution in [2.45, 2.75) is 84.3 Å². The Labute approximate surface area is 150 Å². The summed E-state index contributed by atoms with van der Waals surface area (Å²) in [4.78, 5) is 23.8. The van der Waals surface area contributed by atoms with Crippen LogP contribution < -0.4 is 0 Å². The number of hydrogen-bond donors (Lipinski definition) is 1. The number of allylic oxidation sites excluding steroid dienone is 1. The van der Waals surface area contributed by atoms with Gasteiger partial charge >= 0.3 is 5.97 Å². The molecule has 4 aliphatic rings. The molecular formula is C21H30O4. The van der Waals surface area contributed by atoms with Crippen LogP contribution in [0, 0.1) is 22.7 Å². The van der Waals surface area contributed by atoms with E-state index in [1.54, 1.807) is 0 Å². The standard InChI is InChI=1S/C21H30O4/c1-12(22)25-13-4-5-16-14-8-9-20(2)17(6-7-18(20)23)15(14)10-19(24)21(16,3)11-13/h13,15,17,19,24H,4-11H2,1-3H3/t13-,15+,17-,19+,20-,21+/m0/s1. The number of ether oxygens (including phenoxy) is 1. The molecule has 0 aromatic carbocycles. The van der Waals surface area contributed by atoms with E-state index in [0.29, 0.717) is 24.0 Å². The van der Waals surface area contributed by atoms with Gasteiger partial charge in [-0.3, -0.25) is 9.59 Å². The van der Waals surface area contributed by atoms with Crippen LogP contribution in [-0.2, 0) is 14.3 Å². The van der Waals surface area contributed by atoms with Gasteiger partial charge in [-0.1, -0.05) is 25.0 Å². The summed E-state index contributed by atoms with van der Waals surface area (Å²) in [6.07, 6.45) is 6.41. The molecule has 4 heteroatoms. The molecule has 0 unspecified atom stereocenters. The lowest BCUT2D eigenvalue weighted by atomic mass is 9.52. The second-order valence-corrected chi connectivity index (χ2v) is 9.24. The third kappa shape index (κ3) is 2.43. The lowest BCUT2D eigenvalue weighted by Crippen LogP contribution is -2.50. The summed E-state index contributed by atoms with van der Waals surface area (Å²) >= 11 is 0. The summed E-state index contributed by atoms with van der Waals surface area (Å²) < 4.78 is 5.47. The highest BCUT2D eigenvalue weighted by Crippen LogP contribution is 2.61. The highest BCUT2D eigenvalue weighted by atomic mass is 16.5. The number of carbonyl (C=O) groups excluding carboxylic acids is 2. The van der Waals surface area contributed by atoms with Gasteiger partial charge in [0.25, 0.3) is 0 Å². The SMILES string of the molecule is CC(=O)O[C@H]1CCC2=C3CC[C@]4(C)C(=O)CC[C@H]4[C@@H]3C[C@@H](O)[C@]2(C)C1. The molecule has 0 heterocycles. The first-order chi connectivity index (χ1) is 11.8. The minimum absolute atomic E-state index is 0.0834. The summed E-state index contributed by atoms with van der Waals surface area (Å²) in [7, 11) is 0. The van der Waals surface area contributed by atoms with Crippen LogP contribution in [0.2, 0.25) is 0 Å². The number of Topliss-reactive ketones (excluding diaryl/α,β-unsaturated/α-hetero) is 1. The Balaban J connectivity index is 1.68. The van der Waals surface area contributed by atoms with Gasteiger partial charge < -0.3 is 9.84 Å². The van der Waals surface area contributed by atoms with Gasteiger partial charge in [0.15, 0.2) is 0 Å². The number of esters is 1. The third-order valence-corrected chi connectivity index (χ3v) is 7.98. The van der Waals surface area contributed by atoms with Crippen LogP contribution in [0.15, 0.2) is 11.1 Å². The molecule has 0 radical (unpaired) electrons. The highest BCUT2D eigenvalue weighted by molar-refractivity contribution is 5.87. The van der Waals surface area contributed by atoms with E-state index in [1.165, 1.54) is 18.1 Å². The maximum absolute atomic E-state index is 12.5. The second kappa shape index (κ2) is 5.67. The van der Waals surface area contributed by atoms with Crippen LogP contribution in [0.3, 0.4) is 0 Å². The first-order valence-electron chi connectivity index (χ1n) is 9.86. The van der Waals surface area contributed by atoms with Crippen LogP contribution in [0.5, 0.6) is 0 Å². The molecule has 0 bridgehead atoms. The molecule has 0 spiro atoms. The van der Waals surface area contributed by atoms with Crippen molar-refractivity contribution < 1.29 is 19.4 Å². The van der Waals surface area contributed by atoms with Crippen molar-refractivity contribution in [1.82, 2.24) is 0 Å². The fourth-order valence-electron chi connectivity index (χ4n) is 6.56. The van der Waals surface area contributed by atoms with E-state index in [1.807, 2.05) is 0 Å². The Bertz CT molecular complexity index is 650. The zero-order valence-corrected chi connectivity index (χ0v) is 15.6. The predicted molar refractivity (Wildman–Crippen MR) is 93.7 cm³/mol. The molecule has 4 aliphatic carbocycles. The number of hydrogen-bond acceptors (Lipinski definition) is 4. The largest absolute Gasteiger partial charge is 0.463 e. The Morgan fingerprint density at radius 1 is 1.16 bits per heavy atom. The normalized spacial score (nSPS) is 46.3. The van der Waals surface area contributed by atoms with E-state index >= 15 is 0 Å². The second-order valence-electron chi connectivity index (χ2n) is 9.24. The minimum Gasteiger partial charge on any atom is -0.463 e. The highest BCUT2D eigenvalue weighted by Gasteiger charge is 2.57. The number of ketones is 1. The zero-order chi connectivity index (χ0) is 18.0. The molecule has 138 valence electrons. The lowest BCUT2D eigenvalue weighted by molar-refractivity contribution is -0.150. The molecule has 4 rings (SSSR count). The van der Waals surface area contributed by atoms with Gasteiger partial charge in [0.2, 0.25) is 0 Å². The van der Waals surface area contributed by atoms with Crippen molar-refractivity contribution in [3.05, 3.63) is 11.1 Å². The first kappa shape index (κ1) is 17.3. The number of carbonyl (C=O) groups is 2. The topological polar surface area (TPSA) is 63.6 Å². The molecule has 4 nitrogen and oxygen atoms in total. The maximum Gasteiger partial charge on any atom is 0.302 e. The van der Waals surface area contributed by atoms with Crippen molar-refractivity contribution in [2.75, 3.05) is 0 Å². The Kier molecular flexibility index (Phi) is 3.91. The molecule has 0 aliphatic heterocycles. The quantitative estimate of drug-likeness (QED) is 0.582. The van der Waals surface area contributed by atoms with E-state index in [2.05, 4.69) is 13.8 Å². The number of aliphatic hydroxyl groups is 1. The number of rotatable bonds is 1. The molecule has 1 N–H and O–H groups in total. The van der Waals surface area contributed by atoms with Crippen molar-refractivity contribution in [2.24, 2.45) is 22.7 Å². The van der Waals surface area contributed by atoms with Gasteiger partial charge in [0, 0.05) is 24.2 Å². The number of fused-ring (bicyclic) bond motifs is 4. The van der Waals surface area contributed by atoms with E-state index in [-0.39, 0.29) is 22.9 Å². The smallest absolute Gasteiger partial charge is 0.302 e. The van der Waals surface area contributed by atoms with Crippen molar-refractivity contribution in [3.63, 3.8) is 0 Å². The zero-order valence-electron chi connectivity index (χ0n) is 15.6.